The highest BCUT2D eigenvalue weighted by Crippen LogP contribution is 2.06. The van der Waals surface area contributed by atoms with Crippen LogP contribution in [0.2, 0.25) is 0 Å². The van der Waals surface area contributed by atoms with E-state index in [9.17, 15) is 0 Å². The Balaban J connectivity index is 2.41. The van der Waals surface area contributed by atoms with E-state index in [1.54, 1.807) is 0 Å². The molecule has 0 aliphatic rings. The van der Waals surface area contributed by atoms with E-state index >= 15 is 0 Å². The molecule has 4 heteroatoms. The lowest BCUT2D eigenvalue weighted by Gasteiger charge is -2.16. The van der Waals surface area contributed by atoms with Crippen molar-refractivity contribution in [3.8, 4) is 0 Å². The largest absolute Gasteiger partial charge is 0.344 e. The average Bonchev–Trinajstić information content (AvgIpc) is 2.36. The molecule has 1 N–H and O–H groups in total. The summed E-state index contributed by atoms with van der Waals surface area (Å²) in [5.74, 6) is 1.49. The van der Waals surface area contributed by atoms with E-state index < -0.39 is 0 Å². The van der Waals surface area contributed by atoms with Crippen molar-refractivity contribution >= 4 is 5.95 Å². The number of nitrogens with zero attached hydrogens (tertiary/aromatic N) is 3. The lowest BCUT2D eigenvalue weighted by Crippen LogP contribution is -2.22. The molecule has 4 nitrogen and oxygen atoms in total. The van der Waals surface area contributed by atoms with Crippen molar-refractivity contribution < 1.29 is 0 Å². The number of rotatable bonds is 8. The summed E-state index contributed by atoms with van der Waals surface area (Å²) in [6.45, 7) is 9.49. The van der Waals surface area contributed by atoms with Crippen molar-refractivity contribution in [3.63, 3.8) is 0 Å². The highest BCUT2D eigenvalue weighted by Gasteiger charge is 2.03. The Bertz CT molecular complexity index is 321. The molecular formula is C14H26N4. The second-order valence-corrected chi connectivity index (χ2v) is 5.19. The first kappa shape index (κ1) is 14.9. The Hall–Kier alpha value is -1.16. The molecule has 1 heterocycles. The van der Waals surface area contributed by atoms with E-state index in [0.717, 1.165) is 31.1 Å². The predicted octanol–water partition coefficient (Wildman–Crippen LogP) is 2.46. The van der Waals surface area contributed by atoms with Crippen molar-refractivity contribution in [2.75, 3.05) is 25.0 Å². The van der Waals surface area contributed by atoms with Gasteiger partial charge in [0, 0.05) is 38.1 Å². The maximum Gasteiger partial charge on any atom is 0.224 e. The van der Waals surface area contributed by atoms with Crippen molar-refractivity contribution in [2.24, 2.45) is 5.92 Å². The minimum absolute atomic E-state index is 0.672. The molecule has 0 saturated carbocycles. The maximum atomic E-state index is 4.40. The molecule has 0 aromatic carbocycles. The summed E-state index contributed by atoms with van der Waals surface area (Å²) in [6.07, 6.45) is 6.20. The number of nitrogens with one attached hydrogen (secondary N) is 1. The van der Waals surface area contributed by atoms with E-state index in [4.69, 9.17) is 0 Å². The summed E-state index contributed by atoms with van der Waals surface area (Å²) < 4.78 is 0. The van der Waals surface area contributed by atoms with E-state index in [0.29, 0.717) is 5.92 Å². The highest BCUT2D eigenvalue weighted by atomic mass is 15.2. The van der Waals surface area contributed by atoms with Crippen LogP contribution < -0.4 is 10.2 Å². The van der Waals surface area contributed by atoms with Crippen molar-refractivity contribution in [1.82, 2.24) is 15.3 Å². The van der Waals surface area contributed by atoms with Gasteiger partial charge < -0.3 is 10.2 Å². The topological polar surface area (TPSA) is 41.1 Å². The van der Waals surface area contributed by atoms with Gasteiger partial charge in [-0.2, -0.15) is 0 Å². The Morgan fingerprint density at radius 2 is 1.94 bits per heavy atom. The summed E-state index contributed by atoms with van der Waals surface area (Å²) in [5, 5.41) is 3.39. The first-order valence-corrected chi connectivity index (χ1v) is 6.86. The van der Waals surface area contributed by atoms with Crippen LogP contribution in [0.25, 0.3) is 0 Å². The molecular weight excluding hydrogens is 224 g/mol. The zero-order valence-corrected chi connectivity index (χ0v) is 12.1. The van der Waals surface area contributed by atoms with Crippen LogP contribution in [0.1, 0.15) is 39.2 Å². The molecule has 0 unspecified atom stereocenters. The van der Waals surface area contributed by atoms with Crippen molar-refractivity contribution in [3.05, 3.63) is 18.0 Å². The Morgan fingerprint density at radius 3 is 2.50 bits per heavy atom. The number of anilines is 1. The molecule has 1 rings (SSSR count). The van der Waals surface area contributed by atoms with Crippen molar-refractivity contribution in [1.29, 1.82) is 0 Å². The summed E-state index contributed by atoms with van der Waals surface area (Å²) in [7, 11) is 2.04. The van der Waals surface area contributed by atoms with E-state index in [-0.39, 0.29) is 0 Å². The van der Waals surface area contributed by atoms with Gasteiger partial charge in [0.25, 0.3) is 0 Å². The van der Waals surface area contributed by atoms with Gasteiger partial charge in [0.15, 0.2) is 0 Å². The number of hydrogen-bond donors (Lipinski definition) is 1. The van der Waals surface area contributed by atoms with Gasteiger partial charge in [0.2, 0.25) is 5.95 Å². The molecule has 1 aromatic heterocycles. The molecule has 0 atom stereocenters. The Kier molecular flexibility index (Phi) is 6.65. The maximum absolute atomic E-state index is 4.40. The molecule has 0 spiro atoms. The van der Waals surface area contributed by atoms with Gasteiger partial charge in [0.1, 0.15) is 0 Å². The first-order chi connectivity index (χ1) is 8.63. The Morgan fingerprint density at radius 1 is 1.28 bits per heavy atom. The second kappa shape index (κ2) is 8.03. The molecule has 0 bridgehead atoms. The van der Waals surface area contributed by atoms with Crippen LogP contribution in [0.5, 0.6) is 0 Å². The standard InChI is InChI=1S/C14H26N4/c1-5-6-7-18(4)14-16-10-13(11-17-14)9-15-8-12(2)3/h10-12,15H,5-9H2,1-4H3. The number of unbranched alkanes of at least 4 members (excludes halogenated alkanes) is 1. The normalized spacial score (nSPS) is 10.9. The van der Waals surface area contributed by atoms with Crippen LogP contribution in [0, 0.1) is 5.92 Å². The zero-order chi connectivity index (χ0) is 13.4. The van der Waals surface area contributed by atoms with Crippen LogP contribution in [-0.4, -0.2) is 30.1 Å². The molecule has 0 saturated heterocycles. The first-order valence-electron chi connectivity index (χ1n) is 6.86. The summed E-state index contributed by atoms with van der Waals surface area (Å²) in [5.41, 5.74) is 1.14. The van der Waals surface area contributed by atoms with Crippen molar-refractivity contribution in [2.45, 2.75) is 40.2 Å². The number of hydrogen-bond acceptors (Lipinski definition) is 4. The lowest BCUT2D eigenvalue weighted by molar-refractivity contribution is 0.551. The summed E-state index contributed by atoms with van der Waals surface area (Å²) >= 11 is 0. The SMILES string of the molecule is CCCCN(C)c1ncc(CNCC(C)C)cn1. The molecule has 1 aromatic rings. The van der Waals surface area contributed by atoms with Gasteiger partial charge in [-0.3, -0.25) is 0 Å². The third-order valence-corrected chi connectivity index (χ3v) is 2.76. The van der Waals surface area contributed by atoms with E-state index in [1.165, 1.54) is 12.8 Å². The molecule has 0 fully saturated rings. The third-order valence-electron chi connectivity index (χ3n) is 2.76. The quantitative estimate of drug-likeness (QED) is 0.769. The fourth-order valence-corrected chi connectivity index (χ4v) is 1.64. The zero-order valence-electron chi connectivity index (χ0n) is 12.1. The third kappa shape index (κ3) is 5.45. The van der Waals surface area contributed by atoms with Crippen LogP contribution in [-0.2, 0) is 6.54 Å². The number of aromatic nitrogens is 2. The van der Waals surface area contributed by atoms with Crippen LogP contribution in [0.4, 0.5) is 5.95 Å². The van der Waals surface area contributed by atoms with Gasteiger partial charge in [-0.15, -0.1) is 0 Å². The smallest absolute Gasteiger partial charge is 0.224 e. The van der Waals surface area contributed by atoms with Crippen LogP contribution in [0.3, 0.4) is 0 Å². The molecule has 0 aliphatic heterocycles. The van der Waals surface area contributed by atoms with Gasteiger partial charge >= 0.3 is 0 Å². The molecule has 0 aliphatic carbocycles. The lowest BCUT2D eigenvalue weighted by atomic mass is 10.2. The van der Waals surface area contributed by atoms with Crippen LogP contribution >= 0.6 is 0 Å². The highest BCUT2D eigenvalue weighted by molar-refractivity contribution is 5.28. The molecule has 102 valence electrons. The Labute approximate surface area is 111 Å². The molecule has 0 radical (unpaired) electrons. The van der Waals surface area contributed by atoms with E-state index in [2.05, 4.69) is 41.0 Å². The van der Waals surface area contributed by atoms with Crippen LogP contribution in [0.15, 0.2) is 12.4 Å². The summed E-state index contributed by atoms with van der Waals surface area (Å²) in [4.78, 5) is 10.9. The van der Waals surface area contributed by atoms with Gasteiger partial charge in [-0.1, -0.05) is 27.2 Å². The predicted molar refractivity (Wildman–Crippen MR) is 76.8 cm³/mol. The monoisotopic (exact) mass is 250 g/mol. The average molecular weight is 250 g/mol. The fraction of sp³-hybridized carbons (Fsp3) is 0.714. The van der Waals surface area contributed by atoms with E-state index in [1.807, 2.05) is 19.4 Å². The van der Waals surface area contributed by atoms with Gasteiger partial charge in [0.05, 0.1) is 0 Å². The fourth-order valence-electron chi connectivity index (χ4n) is 1.64. The molecule has 18 heavy (non-hydrogen) atoms. The van der Waals surface area contributed by atoms with Gasteiger partial charge in [-0.05, 0) is 18.9 Å². The molecule has 0 amide bonds. The minimum atomic E-state index is 0.672. The second-order valence-electron chi connectivity index (χ2n) is 5.19. The summed E-state index contributed by atoms with van der Waals surface area (Å²) in [6, 6.07) is 0. The minimum Gasteiger partial charge on any atom is -0.344 e. The van der Waals surface area contributed by atoms with Gasteiger partial charge in [-0.25, -0.2) is 9.97 Å².